The lowest BCUT2D eigenvalue weighted by Crippen LogP contribution is -2.40. The molecule has 13 heteroatoms. The van der Waals surface area contributed by atoms with Crippen LogP contribution in [0.1, 0.15) is 28.8 Å². The first kappa shape index (κ1) is 25.2. The van der Waals surface area contributed by atoms with E-state index in [0.717, 1.165) is 30.5 Å². The van der Waals surface area contributed by atoms with E-state index in [1.807, 2.05) is 0 Å². The summed E-state index contributed by atoms with van der Waals surface area (Å²) in [4.78, 5) is 13.7. The fourth-order valence-electron chi connectivity index (χ4n) is 3.38. The third-order valence-electron chi connectivity index (χ3n) is 5.08. The second kappa shape index (κ2) is 8.71. The number of piperidine rings is 1. The highest BCUT2D eigenvalue weighted by Crippen LogP contribution is 2.40. The molecule has 33 heavy (non-hydrogen) atoms. The Kier molecular flexibility index (Phi) is 6.64. The molecule has 0 radical (unpaired) electrons. The molecule has 1 aliphatic rings. The molecule has 1 fully saturated rings. The minimum absolute atomic E-state index is 0.0645. The predicted octanol–water partition coefficient (Wildman–Crippen LogP) is 6.02. The van der Waals surface area contributed by atoms with Gasteiger partial charge in [-0.2, -0.15) is 13.2 Å². The van der Waals surface area contributed by atoms with Crippen molar-refractivity contribution in [3.05, 3.63) is 52.3 Å². The molecule has 1 amide bonds. The summed E-state index contributed by atoms with van der Waals surface area (Å²) in [7, 11) is -3.47. The standard InChI is InChI=1S/C20H18ClF6N3O2S/c1-33(28,32)17-8-11(2-3-15(17)22)29-18(31)12-9-14(21)13(20(25,26)27)10-16(12)30-6-4-19(23,24)5-7-30/h2-3,8-10,28H,4-7H2,1H3,(H,29,31)/t33-/m0/s1. The van der Waals surface area contributed by atoms with Gasteiger partial charge in [0.1, 0.15) is 5.82 Å². The van der Waals surface area contributed by atoms with Crippen LogP contribution in [-0.2, 0) is 15.9 Å². The van der Waals surface area contributed by atoms with Gasteiger partial charge in [0, 0.05) is 37.9 Å². The molecule has 0 aromatic heterocycles. The number of halogens is 7. The molecule has 0 unspecified atom stereocenters. The SMILES string of the molecule is C[S@](=N)(=O)c1cc(NC(=O)c2cc(Cl)c(C(F)(F)F)cc2N2CCC(F)(F)CC2)ccc1F. The summed E-state index contributed by atoms with van der Waals surface area (Å²) in [6.45, 7) is -0.576. The van der Waals surface area contributed by atoms with E-state index in [1.54, 1.807) is 0 Å². The zero-order chi connectivity index (χ0) is 24.8. The average Bonchev–Trinajstić information content (AvgIpc) is 2.67. The van der Waals surface area contributed by atoms with Gasteiger partial charge < -0.3 is 10.2 Å². The van der Waals surface area contributed by atoms with Crippen LogP contribution in [0.25, 0.3) is 0 Å². The van der Waals surface area contributed by atoms with Crippen molar-refractivity contribution >= 4 is 38.6 Å². The third kappa shape index (κ3) is 5.72. The second-order valence-electron chi connectivity index (χ2n) is 7.63. The Balaban J connectivity index is 2.03. The Morgan fingerprint density at radius 1 is 1.18 bits per heavy atom. The number of alkyl halides is 5. The number of nitrogens with one attached hydrogen (secondary N) is 2. The molecule has 1 atom stereocenters. The van der Waals surface area contributed by atoms with Crippen molar-refractivity contribution < 1.29 is 35.3 Å². The minimum Gasteiger partial charge on any atom is -0.370 e. The van der Waals surface area contributed by atoms with Crippen molar-refractivity contribution in [1.82, 2.24) is 0 Å². The van der Waals surface area contributed by atoms with Crippen LogP contribution in [0.5, 0.6) is 0 Å². The molecule has 2 N–H and O–H groups in total. The Bertz CT molecular complexity index is 1190. The number of carbonyl (C=O) groups excluding carboxylic acids is 1. The first-order valence-electron chi connectivity index (χ1n) is 9.47. The lowest BCUT2D eigenvalue weighted by Gasteiger charge is -2.34. The summed E-state index contributed by atoms with van der Waals surface area (Å²) in [5.41, 5.74) is -1.84. The van der Waals surface area contributed by atoms with Gasteiger partial charge in [-0.1, -0.05) is 11.6 Å². The molecular weight excluding hydrogens is 496 g/mol. The van der Waals surface area contributed by atoms with Crippen molar-refractivity contribution in [2.45, 2.75) is 29.8 Å². The molecule has 0 aliphatic carbocycles. The fraction of sp³-hybridized carbons (Fsp3) is 0.350. The van der Waals surface area contributed by atoms with E-state index in [2.05, 4.69) is 5.32 Å². The van der Waals surface area contributed by atoms with E-state index in [-0.39, 0.29) is 30.0 Å². The monoisotopic (exact) mass is 513 g/mol. The summed E-state index contributed by atoms with van der Waals surface area (Å²) in [6, 6.07) is 4.42. The summed E-state index contributed by atoms with van der Waals surface area (Å²) >= 11 is 5.77. The van der Waals surface area contributed by atoms with Gasteiger partial charge in [0.05, 0.1) is 36.5 Å². The Morgan fingerprint density at radius 3 is 2.33 bits per heavy atom. The molecular formula is C20H18ClF6N3O2S. The molecule has 0 bridgehead atoms. The van der Waals surface area contributed by atoms with E-state index in [0.29, 0.717) is 6.07 Å². The van der Waals surface area contributed by atoms with Gasteiger partial charge in [0.25, 0.3) is 11.8 Å². The topological polar surface area (TPSA) is 73.3 Å². The average molecular weight is 514 g/mol. The summed E-state index contributed by atoms with van der Waals surface area (Å²) < 4.78 is 101. The molecule has 3 rings (SSSR count). The van der Waals surface area contributed by atoms with Crippen LogP contribution in [0.4, 0.5) is 37.7 Å². The number of nitrogens with zero attached hydrogens (tertiary/aromatic N) is 1. The number of hydrogen-bond donors (Lipinski definition) is 2. The first-order valence-corrected chi connectivity index (χ1v) is 11.8. The number of hydrogen-bond acceptors (Lipinski definition) is 4. The molecule has 180 valence electrons. The van der Waals surface area contributed by atoms with Gasteiger partial charge in [0.2, 0.25) is 0 Å². The largest absolute Gasteiger partial charge is 0.417 e. The molecule has 1 saturated heterocycles. The van der Waals surface area contributed by atoms with Crippen molar-refractivity contribution in [1.29, 1.82) is 4.78 Å². The Labute approximate surface area is 190 Å². The zero-order valence-corrected chi connectivity index (χ0v) is 18.6. The third-order valence-corrected chi connectivity index (χ3v) is 6.54. The molecule has 0 saturated carbocycles. The van der Waals surface area contributed by atoms with Crippen molar-refractivity contribution in [3.63, 3.8) is 0 Å². The van der Waals surface area contributed by atoms with Crippen molar-refractivity contribution in [3.8, 4) is 0 Å². The van der Waals surface area contributed by atoms with Gasteiger partial charge in [-0.15, -0.1) is 0 Å². The maximum absolute atomic E-state index is 13.9. The van der Waals surface area contributed by atoms with Crippen LogP contribution in [0.15, 0.2) is 35.2 Å². The minimum atomic E-state index is -4.85. The number of anilines is 2. The quantitative estimate of drug-likeness (QED) is 0.491. The van der Waals surface area contributed by atoms with Crippen LogP contribution in [0.3, 0.4) is 0 Å². The summed E-state index contributed by atoms with van der Waals surface area (Å²) in [6.07, 6.45) is -5.07. The van der Waals surface area contributed by atoms with Crippen LogP contribution >= 0.6 is 11.6 Å². The van der Waals surface area contributed by atoms with Crippen LogP contribution in [0.2, 0.25) is 5.02 Å². The molecule has 1 aliphatic heterocycles. The highest BCUT2D eigenvalue weighted by molar-refractivity contribution is 7.91. The smallest absolute Gasteiger partial charge is 0.370 e. The molecule has 1 heterocycles. The highest BCUT2D eigenvalue weighted by atomic mass is 35.5. The molecule has 5 nitrogen and oxygen atoms in total. The lowest BCUT2D eigenvalue weighted by atomic mass is 10.0. The number of rotatable bonds is 4. The Morgan fingerprint density at radius 2 is 1.79 bits per heavy atom. The number of carbonyl (C=O) groups is 1. The number of benzene rings is 2. The van der Waals surface area contributed by atoms with Crippen LogP contribution in [-0.4, -0.2) is 35.4 Å². The van der Waals surface area contributed by atoms with Gasteiger partial charge in [0.15, 0.2) is 0 Å². The van der Waals surface area contributed by atoms with Gasteiger partial charge in [-0.25, -0.2) is 22.2 Å². The van der Waals surface area contributed by atoms with Crippen molar-refractivity contribution in [2.24, 2.45) is 0 Å². The van der Waals surface area contributed by atoms with E-state index in [4.69, 9.17) is 16.4 Å². The molecule has 2 aromatic rings. The summed E-state index contributed by atoms with van der Waals surface area (Å²) in [5.74, 6) is -4.84. The van der Waals surface area contributed by atoms with Gasteiger partial charge in [-0.05, 0) is 30.3 Å². The maximum Gasteiger partial charge on any atom is 0.417 e. The number of amides is 1. The summed E-state index contributed by atoms with van der Waals surface area (Å²) in [5, 5.41) is 1.59. The zero-order valence-electron chi connectivity index (χ0n) is 17.0. The normalized spacial score (nSPS) is 18.0. The Hall–Kier alpha value is -2.47. The van der Waals surface area contributed by atoms with Crippen LogP contribution in [0, 0.1) is 10.6 Å². The van der Waals surface area contributed by atoms with Gasteiger partial charge in [-0.3, -0.25) is 4.79 Å². The molecule has 2 aromatic carbocycles. The molecule has 0 spiro atoms. The predicted molar refractivity (Wildman–Crippen MR) is 112 cm³/mol. The van der Waals surface area contributed by atoms with E-state index in [9.17, 15) is 35.3 Å². The van der Waals surface area contributed by atoms with E-state index in [1.165, 1.54) is 4.90 Å². The maximum atomic E-state index is 13.9. The first-order chi connectivity index (χ1) is 15.1. The van der Waals surface area contributed by atoms with E-state index >= 15 is 0 Å². The second-order valence-corrected chi connectivity index (χ2v) is 10.2. The fourth-order valence-corrected chi connectivity index (χ4v) is 4.44. The van der Waals surface area contributed by atoms with E-state index < -0.39 is 61.9 Å². The lowest BCUT2D eigenvalue weighted by molar-refractivity contribution is -0.137. The van der Waals surface area contributed by atoms with Crippen LogP contribution < -0.4 is 10.2 Å². The van der Waals surface area contributed by atoms with Crippen molar-refractivity contribution in [2.75, 3.05) is 29.6 Å². The van der Waals surface area contributed by atoms with Gasteiger partial charge >= 0.3 is 6.18 Å². The highest BCUT2D eigenvalue weighted by Gasteiger charge is 2.38.